The van der Waals surface area contributed by atoms with Gasteiger partial charge in [-0.15, -0.1) is 0 Å². The maximum atomic E-state index is 2.43. The molecule has 1 unspecified atom stereocenters. The first-order valence-electron chi connectivity index (χ1n) is 22.0. The van der Waals surface area contributed by atoms with E-state index in [0.29, 0.717) is 5.92 Å². The van der Waals surface area contributed by atoms with Crippen molar-refractivity contribution >= 4 is 65.4 Å². The largest absolute Gasteiger partial charge is 0.309 e. The van der Waals surface area contributed by atoms with Gasteiger partial charge in [-0.1, -0.05) is 140 Å². The molecular formula is C60H41N3. The molecule has 0 radical (unpaired) electrons. The van der Waals surface area contributed by atoms with Gasteiger partial charge in [0.25, 0.3) is 0 Å². The van der Waals surface area contributed by atoms with Gasteiger partial charge < -0.3 is 13.7 Å². The van der Waals surface area contributed by atoms with E-state index >= 15 is 0 Å². The van der Waals surface area contributed by atoms with Crippen LogP contribution in [-0.2, 0) is 0 Å². The van der Waals surface area contributed by atoms with Crippen LogP contribution in [0.1, 0.15) is 17.9 Å². The molecule has 0 spiro atoms. The lowest BCUT2D eigenvalue weighted by Gasteiger charge is -2.14. The predicted molar refractivity (Wildman–Crippen MR) is 266 cm³/mol. The number of fused-ring (bicyclic) bond motifs is 9. The molecule has 9 aromatic carbocycles. The Kier molecular flexibility index (Phi) is 8.04. The topological polar surface area (TPSA) is 14.8 Å². The molecule has 3 nitrogen and oxygen atoms in total. The summed E-state index contributed by atoms with van der Waals surface area (Å²) < 4.78 is 7.20. The number of allylic oxidation sites excluding steroid dienone is 4. The van der Waals surface area contributed by atoms with E-state index in [9.17, 15) is 0 Å². The summed E-state index contributed by atoms with van der Waals surface area (Å²) in [6.45, 7) is 0. The molecule has 0 amide bonds. The molecule has 63 heavy (non-hydrogen) atoms. The van der Waals surface area contributed by atoms with Gasteiger partial charge in [-0.05, 0) is 125 Å². The SMILES string of the molecule is C1=CCC(c2ccc3c(c2)c2cc(-c4ccc5c(c4)c4ccccc4n5-c4ccc(-c5ccc(-n6c7ccccc7c7ccccc76)cc5)cc4)ccc2n3-c2ccccc2)C=C1. The quantitative estimate of drug-likeness (QED) is 0.159. The van der Waals surface area contributed by atoms with Crippen LogP contribution in [-0.4, -0.2) is 13.7 Å². The summed E-state index contributed by atoms with van der Waals surface area (Å²) >= 11 is 0. The Morgan fingerprint density at radius 3 is 1.21 bits per heavy atom. The second-order valence-corrected chi connectivity index (χ2v) is 16.9. The van der Waals surface area contributed by atoms with Crippen LogP contribution in [0.3, 0.4) is 0 Å². The van der Waals surface area contributed by atoms with E-state index in [1.807, 2.05) is 0 Å². The Morgan fingerprint density at radius 1 is 0.302 bits per heavy atom. The maximum absolute atomic E-state index is 2.43. The minimum atomic E-state index is 0.387. The highest BCUT2D eigenvalue weighted by atomic mass is 15.0. The molecule has 1 atom stereocenters. The zero-order valence-corrected chi connectivity index (χ0v) is 34.6. The van der Waals surface area contributed by atoms with Crippen molar-refractivity contribution in [3.8, 4) is 39.3 Å². The van der Waals surface area contributed by atoms with Crippen LogP contribution >= 0.6 is 0 Å². The highest BCUT2D eigenvalue weighted by Gasteiger charge is 2.19. The lowest BCUT2D eigenvalue weighted by Crippen LogP contribution is -1.97. The molecule has 3 aromatic heterocycles. The molecule has 0 N–H and O–H groups in total. The van der Waals surface area contributed by atoms with Crippen molar-refractivity contribution in [1.82, 2.24) is 13.7 Å². The summed E-state index contributed by atoms with van der Waals surface area (Å²) in [5.41, 5.74) is 17.0. The Bertz CT molecular complexity index is 3750. The number of rotatable bonds is 6. The van der Waals surface area contributed by atoms with Crippen molar-refractivity contribution in [2.45, 2.75) is 12.3 Å². The number of nitrogens with zero attached hydrogens (tertiary/aromatic N) is 3. The lowest BCUT2D eigenvalue weighted by atomic mass is 9.91. The summed E-state index contributed by atoms with van der Waals surface area (Å²) in [5.74, 6) is 0.387. The van der Waals surface area contributed by atoms with Crippen molar-refractivity contribution in [2.24, 2.45) is 0 Å². The molecular weight excluding hydrogens is 763 g/mol. The van der Waals surface area contributed by atoms with Gasteiger partial charge in [0.2, 0.25) is 0 Å². The molecule has 0 bridgehead atoms. The average Bonchev–Trinajstić information content (AvgIpc) is 4.00. The normalized spacial score (nSPS) is 14.0. The molecule has 296 valence electrons. The van der Waals surface area contributed by atoms with Gasteiger partial charge >= 0.3 is 0 Å². The van der Waals surface area contributed by atoms with Crippen molar-refractivity contribution < 1.29 is 0 Å². The molecule has 1 aliphatic carbocycles. The zero-order chi connectivity index (χ0) is 41.4. The minimum Gasteiger partial charge on any atom is -0.309 e. The van der Waals surface area contributed by atoms with Crippen LogP contribution in [0.4, 0.5) is 0 Å². The molecule has 0 aliphatic heterocycles. The first-order valence-corrected chi connectivity index (χ1v) is 22.0. The third-order valence-corrected chi connectivity index (χ3v) is 13.4. The van der Waals surface area contributed by atoms with E-state index in [4.69, 9.17) is 0 Å². The number of benzene rings is 9. The second kappa shape index (κ2) is 14.2. The third kappa shape index (κ3) is 5.67. The molecule has 12 aromatic rings. The summed E-state index contributed by atoms with van der Waals surface area (Å²) in [6, 6.07) is 76.0. The van der Waals surface area contributed by atoms with Gasteiger partial charge in [-0.25, -0.2) is 0 Å². The fourth-order valence-corrected chi connectivity index (χ4v) is 10.4. The molecule has 3 heteroatoms. The van der Waals surface area contributed by atoms with Crippen molar-refractivity contribution in [3.63, 3.8) is 0 Å². The van der Waals surface area contributed by atoms with E-state index in [1.54, 1.807) is 0 Å². The molecule has 3 heterocycles. The minimum absolute atomic E-state index is 0.387. The molecule has 1 aliphatic rings. The highest BCUT2D eigenvalue weighted by molar-refractivity contribution is 6.13. The van der Waals surface area contributed by atoms with Gasteiger partial charge in [-0.3, -0.25) is 0 Å². The van der Waals surface area contributed by atoms with Crippen LogP contribution in [0, 0.1) is 0 Å². The summed E-state index contributed by atoms with van der Waals surface area (Å²) in [4.78, 5) is 0. The zero-order valence-electron chi connectivity index (χ0n) is 34.6. The van der Waals surface area contributed by atoms with Crippen LogP contribution < -0.4 is 0 Å². The second-order valence-electron chi connectivity index (χ2n) is 16.9. The van der Waals surface area contributed by atoms with Gasteiger partial charge in [0, 0.05) is 55.3 Å². The fraction of sp³-hybridized carbons (Fsp3) is 0.0333. The molecule has 0 saturated carbocycles. The van der Waals surface area contributed by atoms with E-state index in [1.165, 1.54) is 98.9 Å². The van der Waals surface area contributed by atoms with Crippen LogP contribution in [0.25, 0.3) is 105 Å². The maximum Gasteiger partial charge on any atom is 0.0541 e. The van der Waals surface area contributed by atoms with Crippen molar-refractivity contribution in [3.05, 3.63) is 236 Å². The smallest absolute Gasteiger partial charge is 0.0541 e. The Hall–Kier alpha value is -8.14. The van der Waals surface area contributed by atoms with Crippen molar-refractivity contribution in [2.75, 3.05) is 0 Å². The summed E-state index contributed by atoms with van der Waals surface area (Å²) in [7, 11) is 0. The first kappa shape index (κ1) is 35.6. The molecule has 0 saturated heterocycles. The summed E-state index contributed by atoms with van der Waals surface area (Å²) in [6.07, 6.45) is 9.97. The highest BCUT2D eigenvalue weighted by Crippen LogP contribution is 2.40. The first-order chi connectivity index (χ1) is 31.2. The Morgan fingerprint density at radius 2 is 0.698 bits per heavy atom. The van der Waals surface area contributed by atoms with E-state index in [0.717, 1.165) is 17.8 Å². The van der Waals surface area contributed by atoms with Gasteiger partial charge in [0.15, 0.2) is 0 Å². The standard InChI is InChI=1S/C60H41N3/c1-3-13-40(14-4-1)43-27-34-59-53(37-43)54-39-45(29-36-60(54)61(59)46-15-5-2-6-16-46)44-28-35-58-52(38-44)51-19-9-12-22-57(51)63(58)48-32-25-42(26-33-48)41-23-30-47(31-24-41)62-55-20-10-7-17-49(55)50-18-8-11-21-56(50)62/h1-13,15-40H,14H2. The molecule has 0 fully saturated rings. The van der Waals surface area contributed by atoms with Crippen LogP contribution in [0.2, 0.25) is 0 Å². The van der Waals surface area contributed by atoms with E-state index < -0.39 is 0 Å². The monoisotopic (exact) mass is 803 g/mol. The lowest BCUT2D eigenvalue weighted by molar-refractivity contribution is 0.855. The van der Waals surface area contributed by atoms with Crippen LogP contribution in [0.5, 0.6) is 0 Å². The third-order valence-electron chi connectivity index (χ3n) is 13.4. The van der Waals surface area contributed by atoms with E-state index in [-0.39, 0.29) is 0 Å². The number of hydrogen-bond acceptors (Lipinski definition) is 0. The number of hydrogen-bond donors (Lipinski definition) is 0. The van der Waals surface area contributed by atoms with Crippen LogP contribution in [0.15, 0.2) is 231 Å². The van der Waals surface area contributed by atoms with E-state index in [2.05, 4.69) is 244 Å². The Labute approximate surface area is 365 Å². The number of para-hydroxylation sites is 4. The average molecular weight is 804 g/mol. The fourth-order valence-electron chi connectivity index (χ4n) is 10.4. The number of aromatic nitrogens is 3. The predicted octanol–water partition coefficient (Wildman–Crippen LogP) is 15.9. The van der Waals surface area contributed by atoms with Gasteiger partial charge in [0.1, 0.15) is 0 Å². The Balaban J connectivity index is 0.876. The van der Waals surface area contributed by atoms with Gasteiger partial charge in [-0.2, -0.15) is 0 Å². The summed E-state index contributed by atoms with van der Waals surface area (Å²) in [5, 5.41) is 7.61. The van der Waals surface area contributed by atoms with Gasteiger partial charge in [0.05, 0.1) is 33.1 Å². The van der Waals surface area contributed by atoms with Crippen molar-refractivity contribution in [1.29, 1.82) is 0 Å². The molecule has 13 rings (SSSR count).